The van der Waals surface area contributed by atoms with Gasteiger partial charge in [0.1, 0.15) is 11.5 Å². The molecular formula is C19H17NO4. The zero-order valence-corrected chi connectivity index (χ0v) is 13.5. The predicted octanol–water partition coefficient (Wildman–Crippen LogP) is 3.44. The minimum absolute atomic E-state index is 0.268. The second-order valence-corrected chi connectivity index (χ2v) is 5.07. The van der Waals surface area contributed by atoms with Gasteiger partial charge in [-0.15, -0.1) is 0 Å². The molecule has 0 unspecified atom stereocenters. The van der Waals surface area contributed by atoms with Crippen molar-refractivity contribution in [3.05, 3.63) is 65.4 Å². The van der Waals surface area contributed by atoms with Crippen LogP contribution in [0, 0.1) is 0 Å². The molecule has 3 rings (SSSR count). The Labute approximate surface area is 140 Å². The molecule has 1 heterocycles. The van der Waals surface area contributed by atoms with Crippen molar-refractivity contribution >= 4 is 17.9 Å². The first kappa shape index (κ1) is 15.8. The van der Waals surface area contributed by atoms with E-state index in [1.165, 1.54) is 0 Å². The van der Waals surface area contributed by atoms with Gasteiger partial charge in [0.25, 0.3) is 0 Å². The number of rotatable bonds is 5. The van der Waals surface area contributed by atoms with Crippen LogP contribution >= 0.6 is 0 Å². The van der Waals surface area contributed by atoms with Gasteiger partial charge in [0.15, 0.2) is 5.70 Å². The van der Waals surface area contributed by atoms with Gasteiger partial charge in [-0.3, -0.25) is 0 Å². The van der Waals surface area contributed by atoms with Crippen molar-refractivity contribution in [3.63, 3.8) is 0 Å². The molecule has 0 saturated carbocycles. The summed E-state index contributed by atoms with van der Waals surface area (Å²) >= 11 is 0. The molecule has 0 amide bonds. The molecule has 0 saturated heterocycles. The van der Waals surface area contributed by atoms with Crippen LogP contribution < -0.4 is 9.47 Å². The number of cyclic esters (lactones) is 1. The maximum absolute atomic E-state index is 12.0. The monoisotopic (exact) mass is 323 g/mol. The highest BCUT2D eigenvalue weighted by atomic mass is 16.6. The third-order valence-electron chi connectivity index (χ3n) is 3.45. The third-order valence-corrected chi connectivity index (χ3v) is 3.45. The molecule has 0 N–H and O–H groups in total. The lowest BCUT2D eigenvalue weighted by Gasteiger charge is -2.02. The highest BCUT2D eigenvalue weighted by Crippen LogP contribution is 2.21. The fraction of sp³-hybridized carbons (Fsp3) is 0.158. The Balaban J connectivity index is 1.82. The maximum atomic E-state index is 12.0. The Morgan fingerprint density at radius 2 is 1.71 bits per heavy atom. The van der Waals surface area contributed by atoms with Crippen LogP contribution in [-0.2, 0) is 9.53 Å². The number of carbonyl (C=O) groups is 1. The quantitative estimate of drug-likeness (QED) is 0.625. The molecule has 1 aliphatic rings. The molecule has 0 fully saturated rings. The van der Waals surface area contributed by atoms with E-state index in [1.807, 2.05) is 31.2 Å². The van der Waals surface area contributed by atoms with Crippen LogP contribution in [0.15, 0.2) is 59.2 Å². The number of aliphatic imine (C=N–C) groups is 1. The minimum Gasteiger partial charge on any atom is -0.497 e. The SMILES string of the molecule is CCOc1ccc(/C=C2/N=C(c3ccc(OC)cc3)OC2=O)cc1. The van der Waals surface area contributed by atoms with Crippen LogP contribution in [0.1, 0.15) is 18.1 Å². The summed E-state index contributed by atoms with van der Waals surface area (Å²) in [5.74, 6) is 1.35. The normalized spacial score (nSPS) is 15.2. The average molecular weight is 323 g/mol. The Morgan fingerprint density at radius 1 is 1.04 bits per heavy atom. The number of nitrogens with zero attached hydrogens (tertiary/aromatic N) is 1. The van der Waals surface area contributed by atoms with E-state index in [1.54, 1.807) is 37.5 Å². The first-order chi connectivity index (χ1) is 11.7. The lowest BCUT2D eigenvalue weighted by atomic mass is 10.2. The maximum Gasteiger partial charge on any atom is 0.363 e. The van der Waals surface area contributed by atoms with Gasteiger partial charge < -0.3 is 14.2 Å². The molecule has 2 aromatic rings. The molecule has 122 valence electrons. The van der Waals surface area contributed by atoms with Gasteiger partial charge in [-0.25, -0.2) is 9.79 Å². The van der Waals surface area contributed by atoms with Crippen molar-refractivity contribution in [2.45, 2.75) is 6.92 Å². The van der Waals surface area contributed by atoms with Gasteiger partial charge in [-0.05, 0) is 55.0 Å². The largest absolute Gasteiger partial charge is 0.497 e. The molecule has 1 aliphatic heterocycles. The van der Waals surface area contributed by atoms with Crippen LogP contribution in [0.2, 0.25) is 0 Å². The topological polar surface area (TPSA) is 57.1 Å². The smallest absolute Gasteiger partial charge is 0.363 e. The van der Waals surface area contributed by atoms with E-state index in [0.29, 0.717) is 12.5 Å². The molecule has 24 heavy (non-hydrogen) atoms. The molecular weight excluding hydrogens is 306 g/mol. The fourth-order valence-corrected chi connectivity index (χ4v) is 2.25. The standard InChI is InChI=1S/C19H17NO4/c1-3-23-16-8-4-13(5-9-16)12-17-19(21)24-18(20-17)14-6-10-15(22-2)11-7-14/h4-12H,3H2,1-2H3/b17-12+. The molecule has 0 aliphatic carbocycles. The minimum atomic E-state index is -0.463. The number of carbonyl (C=O) groups excluding carboxylic acids is 1. The van der Waals surface area contributed by atoms with Crippen molar-refractivity contribution in [3.8, 4) is 11.5 Å². The Bertz CT molecular complexity index is 789. The predicted molar refractivity (Wildman–Crippen MR) is 91.2 cm³/mol. The number of ether oxygens (including phenoxy) is 3. The van der Waals surface area contributed by atoms with Crippen molar-refractivity contribution in [1.29, 1.82) is 0 Å². The summed E-state index contributed by atoms with van der Waals surface area (Å²) in [7, 11) is 1.60. The molecule has 5 nitrogen and oxygen atoms in total. The Kier molecular flexibility index (Phi) is 4.61. The first-order valence-electron chi connectivity index (χ1n) is 7.59. The van der Waals surface area contributed by atoms with Gasteiger partial charge in [-0.2, -0.15) is 0 Å². The number of esters is 1. The van der Waals surface area contributed by atoms with E-state index >= 15 is 0 Å². The summed E-state index contributed by atoms with van der Waals surface area (Å²) < 4.78 is 15.8. The summed E-state index contributed by atoms with van der Waals surface area (Å²) in [4.78, 5) is 16.3. The molecule has 0 radical (unpaired) electrons. The molecule has 0 atom stereocenters. The number of hydrogen-bond donors (Lipinski definition) is 0. The van der Waals surface area contributed by atoms with E-state index in [0.717, 1.165) is 22.6 Å². The summed E-state index contributed by atoms with van der Waals surface area (Å²) in [6.45, 7) is 2.54. The van der Waals surface area contributed by atoms with Gasteiger partial charge >= 0.3 is 5.97 Å². The zero-order chi connectivity index (χ0) is 16.9. The van der Waals surface area contributed by atoms with Crippen LogP contribution in [0.5, 0.6) is 11.5 Å². The zero-order valence-electron chi connectivity index (χ0n) is 13.5. The van der Waals surface area contributed by atoms with E-state index in [-0.39, 0.29) is 5.70 Å². The van der Waals surface area contributed by atoms with E-state index in [4.69, 9.17) is 14.2 Å². The van der Waals surface area contributed by atoms with Crippen molar-refractivity contribution in [2.24, 2.45) is 4.99 Å². The lowest BCUT2D eigenvalue weighted by molar-refractivity contribution is -0.129. The van der Waals surface area contributed by atoms with Crippen LogP contribution in [0.3, 0.4) is 0 Å². The summed E-state index contributed by atoms with van der Waals surface area (Å²) in [6, 6.07) is 14.6. The second kappa shape index (κ2) is 7.00. The van der Waals surface area contributed by atoms with E-state index in [2.05, 4.69) is 4.99 Å². The first-order valence-corrected chi connectivity index (χ1v) is 7.59. The van der Waals surface area contributed by atoms with Gasteiger partial charge in [-0.1, -0.05) is 12.1 Å². The van der Waals surface area contributed by atoms with Gasteiger partial charge in [0.05, 0.1) is 13.7 Å². The fourth-order valence-electron chi connectivity index (χ4n) is 2.25. The Hall–Kier alpha value is -3.08. The number of benzene rings is 2. The molecule has 5 heteroatoms. The van der Waals surface area contributed by atoms with Crippen LogP contribution in [-0.4, -0.2) is 25.6 Å². The van der Waals surface area contributed by atoms with Crippen LogP contribution in [0.4, 0.5) is 0 Å². The molecule has 0 aromatic heterocycles. The summed E-state index contributed by atoms with van der Waals surface area (Å²) in [5, 5.41) is 0. The van der Waals surface area contributed by atoms with Gasteiger partial charge in [0, 0.05) is 5.56 Å². The second-order valence-electron chi connectivity index (χ2n) is 5.07. The van der Waals surface area contributed by atoms with E-state index < -0.39 is 5.97 Å². The summed E-state index contributed by atoms with van der Waals surface area (Å²) in [5.41, 5.74) is 1.84. The molecule has 2 aromatic carbocycles. The van der Waals surface area contributed by atoms with Gasteiger partial charge in [0.2, 0.25) is 5.90 Å². The Morgan fingerprint density at radius 3 is 2.33 bits per heavy atom. The van der Waals surface area contributed by atoms with Crippen molar-refractivity contribution < 1.29 is 19.0 Å². The summed E-state index contributed by atoms with van der Waals surface area (Å²) in [6.07, 6.45) is 1.69. The molecule has 0 spiro atoms. The van der Waals surface area contributed by atoms with E-state index in [9.17, 15) is 4.79 Å². The number of methoxy groups -OCH3 is 1. The van der Waals surface area contributed by atoms with Crippen molar-refractivity contribution in [1.82, 2.24) is 0 Å². The molecule has 0 bridgehead atoms. The highest BCUT2D eigenvalue weighted by molar-refractivity contribution is 6.12. The highest BCUT2D eigenvalue weighted by Gasteiger charge is 2.24. The van der Waals surface area contributed by atoms with Crippen LogP contribution in [0.25, 0.3) is 6.08 Å². The third kappa shape index (κ3) is 3.46. The number of hydrogen-bond acceptors (Lipinski definition) is 5. The van der Waals surface area contributed by atoms with Crippen molar-refractivity contribution in [2.75, 3.05) is 13.7 Å². The lowest BCUT2D eigenvalue weighted by Crippen LogP contribution is -2.05. The average Bonchev–Trinajstić information content (AvgIpc) is 2.98.